The minimum Gasteiger partial charge on any atom is -0.493 e. The molecule has 0 unspecified atom stereocenters. The van der Waals surface area contributed by atoms with Gasteiger partial charge >= 0.3 is 0 Å². The maximum absolute atomic E-state index is 11.1. The van der Waals surface area contributed by atoms with Crippen LogP contribution < -0.4 is 20.9 Å². The summed E-state index contributed by atoms with van der Waals surface area (Å²) >= 11 is 0. The van der Waals surface area contributed by atoms with Gasteiger partial charge in [-0.3, -0.25) is 4.79 Å². The highest BCUT2D eigenvalue weighted by atomic mass is 16.5. The molecule has 0 saturated heterocycles. The second kappa shape index (κ2) is 4.84. The van der Waals surface area contributed by atoms with Gasteiger partial charge in [0.1, 0.15) is 0 Å². The third kappa shape index (κ3) is 2.15. The zero-order valence-electron chi connectivity index (χ0n) is 10.5. The number of methoxy groups -OCH3 is 2. The van der Waals surface area contributed by atoms with E-state index in [1.54, 1.807) is 18.2 Å². The maximum Gasteiger partial charge on any atom is 0.273 e. The lowest BCUT2D eigenvalue weighted by Gasteiger charge is -2.09. The Bertz CT molecular complexity index is 623. The first-order valence-corrected chi connectivity index (χ1v) is 5.32. The first kappa shape index (κ1) is 12.7. The molecule has 1 amide bonds. The standard InChI is InChI=1S/C11H13N5O3/c1-18-7-4-3-6(5-8(7)19-2)16-10(12)9(11(13)17)14-15-16/h3-5H,12H2,1-2H3,(H2,13,17). The first-order valence-electron chi connectivity index (χ1n) is 5.32. The van der Waals surface area contributed by atoms with Crippen LogP contribution in [-0.4, -0.2) is 35.1 Å². The molecule has 1 aromatic heterocycles. The lowest BCUT2D eigenvalue weighted by molar-refractivity contribution is 0.0996. The number of nitrogens with zero attached hydrogens (tertiary/aromatic N) is 3. The molecule has 0 fully saturated rings. The Morgan fingerprint density at radius 3 is 2.47 bits per heavy atom. The van der Waals surface area contributed by atoms with Crippen LogP contribution in [0.5, 0.6) is 11.5 Å². The number of hydrogen-bond acceptors (Lipinski definition) is 6. The van der Waals surface area contributed by atoms with Crippen molar-refractivity contribution in [3.8, 4) is 17.2 Å². The Morgan fingerprint density at radius 1 is 1.26 bits per heavy atom. The van der Waals surface area contributed by atoms with Crippen molar-refractivity contribution in [2.75, 3.05) is 20.0 Å². The molecule has 1 aromatic carbocycles. The molecule has 4 N–H and O–H groups in total. The van der Waals surface area contributed by atoms with E-state index in [4.69, 9.17) is 20.9 Å². The summed E-state index contributed by atoms with van der Waals surface area (Å²) in [6.07, 6.45) is 0. The number of carbonyl (C=O) groups excluding carboxylic acids is 1. The van der Waals surface area contributed by atoms with Crippen LogP contribution in [0.25, 0.3) is 5.69 Å². The zero-order valence-corrected chi connectivity index (χ0v) is 10.5. The van der Waals surface area contributed by atoms with Crippen LogP contribution in [-0.2, 0) is 0 Å². The van der Waals surface area contributed by atoms with Crippen molar-refractivity contribution in [2.45, 2.75) is 0 Å². The second-order valence-electron chi connectivity index (χ2n) is 3.64. The zero-order chi connectivity index (χ0) is 14.0. The molecule has 0 aliphatic carbocycles. The Labute approximate surface area is 108 Å². The summed E-state index contributed by atoms with van der Waals surface area (Å²) in [7, 11) is 3.05. The van der Waals surface area contributed by atoms with Crippen LogP contribution in [0.15, 0.2) is 18.2 Å². The van der Waals surface area contributed by atoms with E-state index in [2.05, 4.69) is 10.3 Å². The van der Waals surface area contributed by atoms with Gasteiger partial charge in [0.05, 0.1) is 19.9 Å². The quantitative estimate of drug-likeness (QED) is 0.799. The summed E-state index contributed by atoms with van der Waals surface area (Å²) in [5.74, 6) is 0.416. The largest absolute Gasteiger partial charge is 0.493 e. The minimum absolute atomic E-state index is 0.0692. The van der Waals surface area contributed by atoms with E-state index in [1.807, 2.05) is 0 Å². The summed E-state index contributed by atoms with van der Waals surface area (Å²) in [6, 6.07) is 5.06. The van der Waals surface area contributed by atoms with E-state index in [9.17, 15) is 4.79 Å². The Morgan fingerprint density at radius 2 is 1.95 bits per heavy atom. The summed E-state index contributed by atoms with van der Waals surface area (Å²) in [5.41, 5.74) is 11.4. The Hall–Kier alpha value is -2.77. The number of rotatable bonds is 4. The lowest BCUT2D eigenvalue weighted by atomic mass is 10.2. The van der Waals surface area contributed by atoms with Gasteiger partial charge in [0.15, 0.2) is 23.0 Å². The van der Waals surface area contributed by atoms with Gasteiger partial charge in [-0.1, -0.05) is 5.21 Å². The number of nitrogens with two attached hydrogens (primary N) is 2. The van der Waals surface area contributed by atoms with Crippen LogP contribution in [0.3, 0.4) is 0 Å². The molecule has 0 aliphatic rings. The fourth-order valence-electron chi connectivity index (χ4n) is 1.61. The molecule has 2 aromatic rings. The molecule has 0 spiro atoms. The number of aromatic nitrogens is 3. The fourth-order valence-corrected chi connectivity index (χ4v) is 1.61. The van der Waals surface area contributed by atoms with Crippen molar-refractivity contribution in [3.63, 3.8) is 0 Å². The number of hydrogen-bond donors (Lipinski definition) is 2. The first-order chi connectivity index (χ1) is 9.08. The van der Waals surface area contributed by atoms with Crippen molar-refractivity contribution in [1.29, 1.82) is 0 Å². The number of amides is 1. The van der Waals surface area contributed by atoms with Crippen LogP contribution in [0.2, 0.25) is 0 Å². The van der Waals surface area contributed by atoms with Gasteiger partial charge in [-0.25, -0.2) is 0 Å². The van der Waals surface area contributed by atoms with Crippen LogP contribution in [0.4, 0.5) is 5.82 Å². The number of benzene rings is 1. The molecule has 0 bridgehead atoms. The average molecular weight is 263 g/mol. The highest BCUT2D eigenvalue weighted by molar-refractivity contribution is 5.95. The molecule has 100 valence electrons. The summed E-state index contributed by atoms with van der Waals surface area (Å²) < 4.78 is 11.6. The van der Waals surface area contributed by atoms with E-state index in [0.29, 0.717) is 17.2 Å². The number of primary amides is 1. The predicted molar refractivity (Wildman–Crippen MR) is 67.4 cm³/mol. The van der Waals surface area contributed by atoms with Crippen LogP contribution in [0.1, 0.15) is 10.5 Å². The molecule has 8 nitrogen and oxygen atoms in total. The SMILES string of the molecule is COc1ccc(-n2nnc(C(N)=O)c2N)cc1OC. The van der Waals surface area contributed by atoms with E-state index in [-0.39, 0.29) is 11.5 Å². The van der Waals surface area contributed by atoms with Gasteiger partial charge in [-0.15, -0.1) is 5.10 Å². The van der Waals surface area contributed by atoms with Gasteiger partial charge in [-0.2, -0.15) is 4.68 Å². The molecular formula is C11H13N5O3. The van der Waals surface area contributed by atoms with Gasteiger partial charge < -0.3 is 20.9 Å². The number of carbonyl (C=O) groups is 1. The maximum atomic E-state index is 11.1. The minimum atomic E-state index is -0.732. The highest BCUT2D eigenvalue weighted by Crippen LogP contribution is 2.29. The van der Waals surface area contributed by atoms with Gasteiger partial charge in [0, 0.05) is 6.07 Å². The van der Waals surface area contributed by atoms with Crippen LogP contribution >= 0.6 is 0 Å². The summed E-state index contributed by atoms with van der Waals surface area (Å²) in [6.45, 7) is 0. The number of nitrogen functional groups attached to an aromatic ring is 1. The van der Waals surface area contributed by atoms with E-state index < -0.39 is 5.91 Å². The molecule has 0 radical (unpaired) electrons. The predicted octanol–water partition coefficient (Wildman–Crippen LogP) is -0.0344. The third-order valence-electron chi connectivity index (χ3n) is 2.55. The molecule has 1 heterocycles. The molecule has 0 atom stereocenters. The molecule has 0 saturated carbocycles. The lowest BCUT2D eigenvalue weighted by Crippen LogP contribution is -2.14. The molecule has 2 rings (SSSR count). The van der Waals surface area contributed by atoms with Crippen molar-refractivity contribution in [2.24, 2.45) is 5.73 Å². The van der Waals surface area contributed by atoms with Gasteiger partial charge in [0.2, 0.25) is 0 Å². The molecule has 19 heavy (non-hydrogen) atoms. The van der Waals surface area contributed by atoms with Crippen molar-refractivity contribution in [3.05, 3.63) is 23.9 Å². The summed E-state index contributed by atoms with van der Waals surface area (Å²) in [4.78, 5) is 11.1. The normalized spacial score (nSPS) is 10.2. The number of ether oxygens (including phenoxy) is 2. The van der Waals surface area contributed by atoms with Crippen molar-refractivity contribution in [1.82, 2.24) is 15.0 Å². The second-order valence-corrected chi connectivity index (χ2v) is 3.64. The van der Waals surface area contributed by atoms with Crippen molar-refractivity contribution >= 4 is 11.7 Å². The number of anilines is 1. The van der Waals surface area contributed by atoms with E-state index in [1.165, 1.54) is 18.9 Å². The van der Waals surface area contributed by atoms with Crippen molar-refractivity contribution < 1.29 is 14.3 Å². The van der Waals surface area contributed by atoms with E-state index >= 15 is 0 Å². The smallest absolute Gasteiger partial charge is 0.273 e. The topological polar surface area (TPSA) is 118 Å². The monoisotopic (exact) mass is 263 g/mol. The Kier molecular flexibility index (Phi) is 3.23. The average Bonchev–Trinajstić information content (AvgIpc) is 2.80. The molecule has 0 aliphatic heterocycles. The third-order valence-corrected chi connectivity index (χ3v) is 2.55. The summed E-state index contributed by atoms with van der Waals surface area (Å²) in [5, 5.41) is 7.41. The van der Waals surface area contributed by atoms with E-state index in [0.717, 1.165) is 0 Å². The molecular weight excluding hydrogens is 250 g/mol. The van der Waals surface area contributed by atoms with Gasteiger partial charge in [-0.05, 0) is 12.1 Å². The fraction of sp³-hybridized carbons (Fsp3) is 0.182. The van der Waals surface area contributed by atoms with Crippen LogP contribution in [0, 0.1) is 0 Å². The van der Waals surface area contributed by atoms with Gasteiger partial charge in [0.25, 0.3) is 5.91 Å². The molecule has 8 heteroatoms. The highest BCUT2D eigenvalue weighted by Gasteiger charge is 2.16. The Balaban J connectivity index is 2.50.